The highest BCUT2D eigenvalue weighted by Crippen LogP contribution is 2.42. The summed E-state index contributed by atoms with van der Waals surface area (Å²) in [6.07, 6.45) is 0.378. The minimum absolute atomic E-state index is 0.102. The Morgan fingerprint density at radius 3 is 1.74 bits per heavy atom. The fraction of sp³-hybridized carbons (Fsp3) is 0.375. The monoisotopic (exact) mass is 595 g/mol. The zero-order valence-corrected chi connectivity index (χ0v) is 25.6. The van der Waals surface area contributed by atoms with Crippen LogP contribution < -0.4 is 28.4 Å². The molecule has 0 saturated carbocycles. The average molecular weight is 596 g/mol. The molecular weight excluding hydrogens is 558 g/mol. The van der Waals surface area contributed by atoms with Gasteiger partial charge in [0.2, 0.25) is 5.75 Å². The van der Waals surface area contributed by atoms with E-state index in [1.165, 1.54) is 26.3 Å². The predicted octanol–water partition coefficient (Wildman–Crippen LogP) is 5.02. The Kier molecular flexibility index (Phi) is 11.3. The maximum atomic E-state index is 13.4. The van der Waals surface area contributed by atoms with Crippen LogP contribution in [0.25, 0.3) is 0 Å². The molecule has 0 saturated heterocycles. The predicted molar refractivity (Wildman–Crippen MR) is 157 cm³/mol. The van der Waals surface area contributed by atoms with Crippen molar-refractivity contribution >= 4 is 17.7 Å². The molecule has 0 unspecified atom stereocenters. The molecule has 0 aliphatic heterocycles. The first-order chi connectivity index (χ1) is 20.6. The molecule has 0 aliphatic rings. The third kappa shape index (κ3) is 7.73. The van der Waals surface area contributed by atoms with Crippen molar-refractivity contribution in [1.29, 1.82) is 0 Å². The Hall–Kier alpha value is -4.80. The largest absolute Gasteiger partial charge is 0.497 e. The number of ketones is 1. The van der Waals surface area contributed by atoms with Crippen molar-refractivity contribution in [2.75, 3.05) is 35.5 Å². The van der Waals surface area contributed by atoms with Gasteiger partial charge in [-0.1, -0.05) is 19.1 Å². The number of ether oxygens (including phenoxy) is 7. The van der Waals surface area contributed by atoms with E-state index in [4.69, 9.17) is 33.2 Å². The van der Waals surface area contributed by atoms with Crippen LogP contribution in [0, 0.1) is 5.92 Å². The number of benzene rings is 2. The number of carbonyl (C=O) groups is 3. The molecule has 230 valence electrons. The summed E-state index contributed by atoms with van der Waals surface area (Å²) >= 11 is 0. The number of aromatic nitrogens is 1. The minimum Gasteiger partial charge on any atom is -0.497 e. The van der Waals surface area contributed by atoms with E-state index in [1.54, 1.807) is 66.6 Å². The van der Waals surface area contributed by atoms with Gasteiger partial charge >= 0.3 is 11.9 Å². The lowest BCUT2D eigenvalue weighted by atomic mass is 9.85. The molecular formula is C32H37NO10. The summed E-state index contributed by atoms with van der Waals surface area (Å²) in [5, 5.41) is 0. The summed E-state index contributed by atoms with van der Waals surface area (Å²) in [6.45, 7) is 4.54. The maximum absolute atomic E-state index is 13.4. The molecule has 0 fully saturated rings. The fourth-order valence-electron chi connectivity index (χ4n) is 4.68. The molecule has 3 rings (SSSR count). The maximum Gasteiger partial charge on any atom is 0.309 e. The summed E-state index contributed by atoms with van der Waals surface area (Å²) < 4.78 is 38.5. The van der Waals surface area contributed by atoms with Gasteiger partial charge in [0.15, 0.2) is 17.2 Å². The van der Waals surface area contributed by atoms with E-state index >= 15 is 0 Å². The van der Waals surface area contributed by atoms with Crippen molar-refractivity contribution in [3.05, 3.63) is 65.5 Å². The smallest absolute Gasteiger partial charge is 0.309 e. The number of carbonyl (C=O) groups excluding carboxylic acids is 3. The summed E-state index contributed by atoms with van der Waals surface area (Å²) in [5.41, 5.74) is 1.33. The first-order valence-corrected chi connectivity index (χ1v) is 13.5. The molecule has 0 spiro atoms. The van der Waals surface area contributed by atoms with E-state index in [2.05, 4.69) is 4.98 Å². The molecule has 11 heteroatoms. The van der Waals surface area contributed by atoms with Crippen molar-refractivity contribution in [3.63, 3.8) is 0 Å². The van der Waals surface area contributed by atoms with Crippen LogP contribution in [0.4, 0.5) is 0 Å². The number of methoxy groups -OCH3 is 5. The second-order valence-electron chi connectivity index (χ2n) is 9.65. The van der Waals surface area contributed by atoms with Crippen LogP contribution in [-0.2, 0) is 14.3 Å². The van der Waals surface area contributed by atoms with E-state index in [0.717, 1.165) is 11.1 Å². The van der Waals surface area contributed by atoms with Gasteiger partial charge in [-0.3, -0.25) is 14.4 Å². The number of nitrogens with zero attached hydrogens (tertiary/aromatic N) is 1. The number of hydrogen-bond donors (Lipinski definition) is 0. The molecule has 2 aromatic carbocycles. The van der Waals surface area contributed by atoms with E-state index in [0.29, 0.717) is 23.0 Å². The first-order valence-electron chi connectivity index (χ1n) is 13.5. The second-order valence-corrected chi connectivity index (χ2v) is 9.65. The topological polar surface area (TPSA) is 129 Å². The van der Waals surface area contributed by atoms with Crippen LogP contribution in [0.15, 0.2) is 48.7 Å². The summed E-state index contributed by atoms with van der Waals surface area (Å²) in [4.78, 5) is 42.3. The minimum atomic E-state index is -0.857. The van der Waals surface area contributed by atoms with E-state index in [9.17, 15) is 14.4 Å². The van der Waals surface area contributed by atoms with Crippen molar-refractivity contribution in [2.24, 2.45) is 5.92 Å². The van der Waals surface area contributed by atoms with Gasteiger partial charge in [0, 0.05) is 48.9 Å². The van der Waals surface area contributed by atoms with Crippen molar-refractivity contribution < 1.29 is 47.5 Å². The Morgan fingerprint density at radius 2 is 1.28 bits per heavy atom. The third-order valence-corrected chi connectivity index (χ3v) is 6.82. The van der Waals surface area contributed by atoms with Crippen LogP contribution in [0.1, 0.15) is 54.7 Å². The third-order valence-electron chi connectivity index (χ3n) is 6.82. The second kappa shape index (κ2) is 14.9. The van der Waals surface area contributed by atoms with Gasteiger partial charge < -0.3 is 33.2 Å². The van der Waals surface area contributed by atoms with Gasteiger partial charge in [-0.15, -0.1) is 0 Å². The molecule has 0 N–H and O–H groups in total. The van der Waals surface area contributed by atoms with Crippen LogP contribution in [0.5, 0.6) is 34.5 Å². The van der Waals surface area contributed by atoms with Gasteiger partial charge in [0.1, 0.15) is 29.1 Å². The normalized spacial score (nSPS) is 12.1. The van der Waals surface area contributed by atoms with Gasteiger partial charge in [-0.2, -0.15) is 0 Å². The molecule has 1 heterocycles. The van der Waals surface area contributed by atoms with Crippen molar-refractivity contribution in [1.82, 2.24) is 4.98 Å². The molecule has 2 atom stereocenters. The molecule has 0 radical (unpaired) electrons. The van der Waals surface area contributed by atoms with Crippen LogP contribution in [0.2, 0.25) is 0 Å². The van der Waals surface area contributed by atoms with Crippen LogP contribution in [0.3, 0.4) is 0 Å². The first kappa shape index (κ1) is 32.7. The van der Waals surface area contributed by atoms with E-state index in [1.807, 2.05) is 12.1 Å². The Bertz CT molecular complexity index is 1400. The van der Waals surface area contributed by atoms with Crippen LogP contribution >= 0.6 is 0 Å². The quantitative estimate of drug-likeness (QED) is 0.184. The molecule has 0 bridgehead atoms. The Balaban J connectivity index is 1.93. The zero-order chi connectivity index (χ0) is 31.7. The lowest BCUT2D eigenvalue weighted by molar-refractivity contribution is -0.153. The highest BCUT2D eigenvalue weighted by atomic mass is 16.6. The zero-order valence-electron chi connectivity index (χ0n) is 25.6. The van der Waals surface area contributed by atoms with Gasteiger partial charge in [0.05, 0.1) is 47.4 Å². The number of rotatable bonds is 14. The number of Topliss-reactive ketones (excluding diaryl/α,β-unsaturated/α-hetero) is 1. The highest BCUT2D eigenvalue weighted by Gasteiger charge is 2.33. The molecule has 11 nitrogen and oxygen atoms in total. The average Bonchev–Trinajstić information content (AvgIpc) is 3.00. The van der Waals surface area contributed by atoms with Gasteiger partial charge in [0.25, 0.3) is 0 Å². The fourth-order valence-corrected chi connectivity index (χ4v) is 4.68. The SMILES string of the molecule is COc1ccc(C(c2ccc(OC)cc2OC)[C@H](C)OC(=O)[C@H](C)CC(=O)c2nccc(OC)c2OC(C)=O)c(OC)c1. The summed E-state index contributed by atoms with van der Waals surface area (Å²) in [6, 6.07) is 12.2. The van der Waals surface area contributed by atoms with Crippen molar-refractivity contribution in [2.45, 2.75) is 39.2 Å². The molecule has 1 aromatic heterocycles. The lowest BCUT2D eigenvalue weighted by Gasteiger charge is -2.29. The number of esters is 2. The van der Waals surface area contributed by atoms with Gasteiger partial charge in [-0.25, -0.2) is 4.98 Å². The van der Waals surface area contributed by atoms with Gasteiger partial charge in [-0.05, 0) is 19.1 Å². The van der Waals surface area contributed by atoms with E-state index in [-0.39, 0.29) is 23.6 Å². The van der Waals surface area contributed by atoms with Crippen molar-refractivity contribution in [3.8, 4) is 34.5 Å². The summed E-state index contributed by atoms with van der Waals surface area (Å²) in [7, 11) is 7.58. The number of pyridine rings is 1. The summed E-state index contributed by atoms with van der Waals surface area (Å²) in [5.74, 6) is -0.860. The standard InChI is InChI=1S/C32H37NO10/c1-18(15-25(35)30-31(43-20(3)34)26(39-6)13-14-33-30)32(36)42-19(2)29(23-11-9-21(37-4)16-27(23)40-7)24-12-10-22(38-5)17-28(24)41-8/h9-14,16-19,29H,15H2,1-8H3/t18-,19+/m1/s1. The van der Waals surface area contributed by atoms with E-state index < -0.39 is 35.7 Å². The molecule has 0 amide bonds. The molecule has 43 heavy (non-hydrogen) atoms. The number of hydrogen-bond acceptors (Lipinski definition) is 11. The Labute approximate surface area is 251 Å². The lowest BCUT2D eigenvalue weighted by Crippen LogP contribution is -2.28. The van der Waals surface area contributed by atoms with Crippen LogP contribution in [-0.4, -0.2) is 64.4 Å². The Morgan fingerprint density at radius 1 is 0.744 bits per heavy atom. The molecule has 0 aliphatic carbocycles. The highest BCUT2D eigenvalue weighted by molar-refractivity contribution is 6.00. The molecule has 3 aromatic rings.